The zero-order valence-corrected chi connectivity index (χ0v) is 12.7. The zero-order chi connectivity index (χ0) is 15.3. The standard InChI is InChI=1S/C17H21FN2O/c1-17(2,3)20-11-13-8-9-19-16(10-13)21-12-14-6-4-5-7-15(14)18/h4-10,20H,11-12H2,1-3H3. The average Bonchev–Trinajstić information content (AvgIpc) is 2.44. The summed E-state index contributed by atoms with van der Waals surface area (Å²) in [4.78, 5) is 4.16. The number of ether oxygens (including phenoxy) is 1. The third kappa shape index (κ3) is 5.16. The summed E-state index contributed by atoms with van der Waals surface area (Å²) in [6.07, 6.45) is 1.70. The quantitative estimate of drug-likeness (QED) is 0.911. The van der Waals surface area contributed by atoms with Gasteiger partial charge in [0, 0.05) is 29.9 Å². The molecule has 0 aliphatic carbocycles. The van der Waals surface area contributed by atoms with Gasteiger partial charge in [-0.05, 0) is 38.5 Å². The minimum Gasteiger partial charge on any atom is -0.473 e. The first kappa shape index (κ1) is 15.4. The molecule has 0 fully saturated rings. The maximum atomic E-state index is 13.5. The van der Waals surface area contributed by atoms with Crippen molar-refractivity contribution < 1.29 is 9.13 Å². The Morgan fingerprint density at radius 2 is 1.95 bits per heavy atom. The van der Waals surface area contributed by atoms with Crippen LogP contribution in [0.3, 0.4) is 0 Å². The van der Waals surface area contributed by atoms with Crippen LogP contribution in [0, 0.1) is 5.82 Å². The van der Waals surface area contributed by atoms with E-state index in [1.54, 1.807) is 24.4 Å². The lowest BCUT2D eigenvalue weighted by Gasteiger charge is -2.20. The van der Waals surface area contributed by atoms with E-state index in [1.807, 2.05) is 12.1 Å². The molecule has 0 radical (unpaired) electrons. The molecular weight excluding hydrogens is 267 g/mol. The second kappa shape index (κ2) is 6.68. The van der Waals surface area contributed by atoms with Crippen LogP contribution in [0.1, 0.15) is 31.9 Å². The van der Waals surface area contributed by atoms with E-state index in [0.29, 0.717) is 11.4 Å². The first-order valence-corrected chi connectivity index (χ1v) is 7.00. The van der Waals surface area contributed by atoms with Gasteiger partial charge in [-0.25, -0.2) is 9.37 Å². The Morgan fingerprint density at radius 3 is 2.67 bits per heavy atom. The van der Waals surface area contributed by atoms with Gasteiger partial charge in [-0.1, -0.05) is 18.2 Å². The Labute approximate surface area is 125 Å². The summed E-state index contributed by atoms with van der Waals surface area (Å²) in [6.45, 7) is 7.26. The van der Waals surface area contributed by atoms with E-state index in [1.165, 1.54) is 6.07 Å². The van der Waals surface area contributed by atoms with Crippen molar-refractivity contribution in [2.24, 2.45) is 0 Å². The first-order valence-electron chi connectivity index (χ1n) is 7.00. The van der Waals surface area contributed by atoms with E-state index in [-0.39, 0.29) is 18.0 Å². The van der Waals surface area contributed by atoms with E-state index in [4.69, 9.17) is 4.74 Å². The molecule has 0 saturated carbocycles. The van der Waals surface area contributed by atoms with Gasteiger partial charge in [0.05, 0.1) is 0 Å². The van der Waals surface area contributed by atoms with Gasteiger partial charge in [0.25, 0.3) is 0 Å². The molecule has 0 spiro atoms. The Morgan fingerprint density at radius 1 is 1.19 bits per heavy atom. The number of halogens is 1. The van der Waals surface area contributed by atoms with Crippen LogP contribution in [0.15, 0.2) is 42.6 Å². The van der Waals surface area contributed by atoms with Crippen molar-refractivity contribution in [3.05, 3.63) is 59.5 Å². The van der Waals surface area contributed by atoms with Gasteiger partial charge in [0.15, 0.2) is 0 Å². The topological polar surface area (TPSA) is 34.2 Å². The molecule has 0 unspecified atom stereocenters. The molecule has 2 aromatic rings. The van der Waals surface area contributed by atoms with E-state index in [2.05, 4.69) is 31.1 Å². The minimum absolute atomic E-state index is 0.0530. The summed E-state index contributed by atoms with van der Waals surface area (Å²) in [5, 5.41) is 3.40. The monoisotopic (exact) mass is 288 g/mol. The smallest absolute Gasteiger partial charge is 0.213 e. The molecule has 4 heteroatoms. The third-order valence-electron chi connectivity index (χ3n) is 2.96. The maximum absolute atomic E-state index is 13.5. The summed E-state index contributed by atoms with van der Waals surface area (Å²) in [7, 11) is 0. The maximum Gasteiger partial charge on any atom is 0.213 e. The van der Waals surface area contributed by atoms with Gasteiger partial charge in [-0.2, -0.15) is 0 Å². The molecule has 0 bridgehead atoms. The molecule has 112 valence electrons. The summed E-state index contributed by atoms with van der Waals surface area (Å²) < 4.78 is 19.1. The first-order chi connectivity index (χ1) is 9.94. The fourth-order valence-electron chi connectivity index (χ4n) is 1.77. The number of pyridine rings is 1. The highest BCUT2D eigenvalue weighted by molar-refractivity contribution is 5.22. The SMILES string of the molecule is CC(C)(C)NCc1ccnc(OCc2ccccc2F)c1. The predicted molar refractivity (Wildman–Crippen MR) is 81.6 cm³/mol. The van der Waals surface area contributed by atoms with Crippen LogP contribution in [0.5, 0.6) is 5.88 Å². The number of hydrogen-bond acceptors (Lipinski definition) is 3. The van der Waals surface area contributed by atoms with Crippen LogP contribution < -0.4 is 10.1 Å². The van der Waals surface area contributed by atoms with Crippen LogP contribution >= 0.6 is 0 Å². The molecule has 0 saturated heterocycles. The summed E-state index contributed by atoms with van der Waals surface area (Å²) in [5.74, 6) is 0.245. The number of benzene rings is 1. The van der Waals surface area contributed by atoms with Gasteiger partial charge in [-0.15, -0.1) is 0 Å². The van der Waals surface area contributed by atoms with E-state index in [9.17, 15) is 4.39 Å². The molecule has 1 aromatic heterocycles. The zero-order valence-electron chi connectivity index (χ0n) is 12.7. The number of nitrogens with one attached hydrogen (secondary N) is 1. The van der Waals surface area contributed by atoms with Gasteiger partial charge in [-0.3, -0.25) is 0 Å². The Balaban J connectivity index is 1.96. The highest BCUT2D eigenvalue weighted by Gasteiger charge is 2.09. The molecule has 1 heterocycles. The molecule has 0 amide bonds. The molecular formula is C17H21FN2O. The van der Waals surface area contributed by atoms with Crippen LogP contribution in [-0.2, 0) is 13.2 Å². The lowest BCUT2D eigenvalue weighted by molar-refractivity contribution is 0.287. The lowest BCUT2D eigenvalue weighted by Crippen LogP contribution is -2.35. The van der Waals surface area contributed by atoms with Crippen molar-refractivity contribution in [3.63, 3.8) is 0 Å². The van der Waals surface area contributed by atoms with Gasteiger partial charge in [0.1, 0.15) is 12.4 Å². The van der Waals surface area contributed by atoms with Gasteiger partial charge < -0.3 is 10.1 Å². The van der Waals surface area contributed by atoms with Crippen molar-refractivity contribution in [2.45, 2.75) is 39.5 Å². The molecule has 0 aliphatic heterocycles. The van der Waals surface area contributed by atoms with Gasteiger partial charge in [0.2, 0.25) is 5.88 Å². The van der Waals surface area contributed by atoms with Gasteiger partial charge >= 0.3 is 0 Å². The second-order valence-electron chi connectivity index (χ2n) is 5.99. The lowest BCUT2D eigenvalue weighted by atomic mass is 10.1. The molecule has 2 rings (SSSR count). The highest BCUT2D eigenvalue weighted by atomic mass is 19.1. The van der Waals surface area contributed by atoms with Crippen LogP contribution in [0.4, 0.5) is 4.39 Å². The number of aromatic nitrogens is 1. The van der Waals surface area contributed by atoms with Crippen molar-refractivity contribution >= 4 is 0 Å². The summed E-state index contributed by atoms with van der Waals surface area (Å²) in [6, 6.07) is 10.4. The molecule has 1 N–H and O–H groups in total. The Hall–Kier alpha value is -1.94. The van der Waals surface area contributed by atoms with Crippen LogP contribution in [0.2, 0.25) is 0 Å². The fraction of sp³-hybridized carbons (Fsp3) is 0.353. The minimum atomic E-state index is -0.261. The van der Waals surface area contributed by atoms with Crippen molar-refractivity contribution in [1.82, 2.24) is 10.3 Å². The summed E-state index contributed by atoms with van der Waals surface area (Å²) in [5.41, 5.74) is 1.67. The second-order valence-corrected chi connectivity index (χ2v) is 5.99. The highest BCUT2D eigenvalue weighted by Crippen LogP contribution is 2.14. The Kier molecular flexibility index (Phi) is 4.91. The molecule has 3 nitrogen and oxygen atoms in total. The molecule has 0 aliphatic rings. The van der Waals surface area contributed by atoms with Crippen molar-refractivity contribution in [2.75, 3.05) is 0 Å². The van der Waals surface area contributed by atoms with E-state index >= 15 is 0 Å². The largest absolute Gasteiger partial charge is 0.473 e. The summed E-state index contributed by atoms with van der Waals surface area (Å²) >= 11 is 0. The predicted octanol–water partition coefficient (Wildman–Crippen LogP) is 3.69. The average molecular weight is 288 g/mol. The normalized spacial score (nSPS) is 11.4. The van der Waals surface area contributed by atoms with Crippen LogP contribution in [-0.4, -0.2) is 10.5 Å². The van der Waals surface area contributed by atoms with E-state index in [0.717, 1.165) is 12.1 Å². The van der Waals surface area contributed by atoms with Crippen molar-refractivity contribution in [3.8, 4) is 5.88 Å². The number of nitrogens with zero attached hydrogens (tertiary/aromatic N) is 1. The Bertz CT molecular complexity index is 593. The van der Waals surface area contributed by atoms with Crippen LogP contribution in [0.25, 0.3) is 0 Å². The number of hydrogen-bond donors (Lipinski definition) is 1. The van der Waals surface area contributed by atoms with Crippen molar-refractivity contribution in [1.29, 1.82) is 0 Å². The number of rotatable bonds is 5. The fourth-order valence-corrected chi connectivity index (χ4v) is 1.77. The third-order valence-corrected chi connectivity index (χ3v) is 2.96. The molecule has 1 aromatic carbocycles. The van der Waals surface area contributed by atoms with E-state index < -0.39 is 0 Å². The molecule has 21 heavy (non-hydrogen) atoms. The molecule has 0 atom stereocenters.